The summed E-state index contributed by atoms with van der Waals surface area (Å²) in [6, 6.07) is 10.6. The van der Waals surface area contributed by atoms with Gasteiger partial charge in [0.05, 0.1) is 18.1 Å². The standard InChI is InChI=1S/C23H27N5O/c1-2-26-22-20(6-10-27-22)21(25)28-11-8-23(16-24,9-12-28)19-5-3-4-17(14-19)18-7-13-29-15-18/h2-7,10,13-15H,1,8-9,11-12,16,24-25H2,(H,26,27)/b21-20+. The van der Waals surface area contributed by atoms with Gasteiger partial charge in [-0.1, -0.05) is 30.8 Å². The Bertz CT molecular complexity index is 963. The molecule has 0 atom stereocenters. The van der Waals surface area contributed by atoms with Gasteiger partial charge >= 0.3 is 0 Å². The van der Waals surface area contributed by atoms with Gasteiger partial charge in [0.25, 0.3) is 0 Å². The van der Waals surface area contributed by atoms with Crippen molar-refractivity contribution in [2.45, 2.75) is 18.3 Å². The van der Waals surface area contributed by atoms with Crippen LogP contribution in [0.1, 0.15) is 18.4 Å². The molecule has 0 aliphatic carbocycles. The Morgan fingerprint density at radius 3 is 2.79 bits per heavy atom. The number of furan rings is 1. The van der Waals surface area contributed by atoms with Gasteiger partial charge in [0.15, 0.2) is 0 Å². The van der Waals surface area contributed by atoms with Crippen LogP contribution in [0, 0.1) is 0 Å². The first kappa shape index (κ1) is 19.1. The second kappa shape index (κ2) is 8.01. The number of amidine groups is 1. The van der Waals surface area contributed by atoms with E-state index >= 15 is 0 Å². The number of piperidine rings is 1. The molecule has 0 saturated carbocycles. The van der Waals surface area contributed by atoms with Crippen molar-refractivity contribution in [2.75, 3.05) is 19.6 Å². The summed E-state index contributed by atoms with van der Waals surface area (Å²) in [4.78, 5) is 6.48. The molecule has 6 nitrogen and oxygen atoms in total. The molecule has 29 heavy (non-hydrogen) atoms. The lowest BCUT2D eigenvalue weighted by molar-refractivity contribution is 0.195. The zero-order chi connectivity index (χ0) is 20.3. The number of likely N-dealkylation sites (tertiary alicyclic amines) is 1. The van der Waals surface area contributed by atoms with Crippen LogP contribution in [0.5, 0.6) is 0 Å². The number of nitrogens with one attached hydrogen (secondary N) is 1. The molecule has 0 bridgehead atoms. The van der Waals surface area contributed by atoms with E-state index in [1.807, 2.05) is 18.3 Å². The third-order valence-electron chi connectivity index (χ3n) is 6.00. The zero-order valence-corrected chi connectivity index (χ0v) is 16.5. The van der Waals surface area contributed by atoms with Gasteiger partial charge < -0.3 is 26.1 Å². The maximum atomic E-state index is 6.49. The monoisotopic (exact) mass is 389 g/mol. The summed E-state index contributed by atoms with van der Waals surface area (Å²) in [5, 5.41) is 3.11. The lowest BCUT2D eigenvalue weighted by atomic mass is 9.72. The lowest BCUT2D eigenvalue weighted by Crippen LogP contribution is -2.47. The third-order valence-corrected chi connectivity index (χ3v) is 6.00. The maximum Gasteiger partial charge on any atom is 0.140 e. The largest absolute Gasteiger partial charge is 0.472 e. The molecule has 2 aliphatic heterocycles. The summed E-state index contributed by atoms with van der Waals surface area (Å²) >= 11 is 0. The third kappa shape index (κ3) is 3.59. The van der Waals surface area contributed by atoms with E-state index in [-0.39, 0.29) is 5.41 Å². The van der Waals surface area contributed by atoms with Crippen LogP contribution >= 0.6 is 0 Å². The van der Waals surface area contributed by atoms with E-state index in [9.17, 15) is 0 Å². The van der Waals surface area contributed by atoms with Crippen molar-refractivity contribution in [1.29, 1.82) is 0 Å². The zero-order valence-electron chi connectivity index (χ0n) is 16.5. The van der Waals surface area contributed by atoms with Gasteiger partial charge in [-0.15, -0.1) is 0 Å². The average molecular weight is 390 g/mol. The molecule has 2 aliphatic rings. The maximum absolute atomic E-state index is 6.49. The summed E-state index contributed by atoms with van der Waals surface area (Å²) in [5.74, 6) is 1.48. The SMILES string of the molecule is C=C/N=C1/NC=C/C1=C(/N)N1CCC(CN)(c2cccc(-c3ccoc3)c2)CC1. The molecule has 0 unspecified atom stereocenters. The molecule has 0 spiro atoms. The Hall–Kier alpha value is -3.25. The van der Waals surface area contributed by atoms with E-state index in [4.69, 9.17) is 15.9 Å². The van der Waals surface area contributed by atoms with Crippen LogP contribution in [-0.2, 0) is 5.41 Å². The normalized spacial score (nSPS) is 21.3. The Balaban J connectivity index is 1.56. The van der Waals surface area contributed by atoms with Crippen LogP contribution in [0.3, 0.4) is 0 Å². The van der Waals surface area contributed by atoms with Gasteiger partial charge in [0, 0.05) is 43.0 Å². The minimum atomic E-state index is -0.0526. The molecule has 1 saturated heterocycles. The van der Waals surface area contributed by atoms with Gasteiger partial charge in [0.2, 0.25) is 0 Å². The van der Waals surface area contributed by atoms with Crippen LogP contribution in [0.4, 0.5) is 0 Å². The molecule has 0 amide bonds. The van der Waals surface area contributed by atoms with Crippen LogP contribution in [-0.4, -0.2) is 30.4 Å². The first-order valence-corrected chi connectivity index (χ1v) is 9.87. The number of aliphatic imine (C=N–C) groups is 1. The van der Waals surface area contributed by atoms with Crippen LogP contribution in [0.25, 0.3) is 11.1 Å². The molecule has 1 aromatic carbocycles. The quantitative estimate of drug-likeness (QED) is 0.731. The van der Waals surface area contributed by atoms with Crippen molar-refractivity contribution in [3.63, 3.8) is 0 Å². The van der Waals surface area contributed by atoms with Gasteiger partial charge in [-0.3, -0.25) is 0 Å². The molecule has 1 aromatic heterocycles. The van der Waals surface area contributed by atoms with Crippen molar-refractivity contribution >= 4 is 5.84 Å². The Kier molecular flexibility index (Phi) is 5.27. The van der Waals surface area contributed by atoms with Crippen LogP contribution in [0.15, 0.2) is 88.7 Å². The molecule has 3 heterocycles. The molecular formula is C23H27N5O. The molecule has 5 N–H and O–H groups in total. The number of nitrogens with zero attached hydrogens (tertiary/aromatic N) is 2. The van der Waals surface area contributed by atoms with E-state index in [0.29, 0.717) is 6.54 Å². The number of hydrogen-bond donors (Lipinski definition) is 3. The van der Waals surface area contributed by atoms with Crippen molar-refractivity contribution in [2.24, 2.45) is 16.5 Å². The van der Waals surface area contributed by atoms with E-state index in [2.05, 4.69) is 46.1 Å². The summed E-state index contributed by atoms with van der Waals surface area (Å²) in [5.41, 5.74) is 17.2. The fraction of sp³-hybridized carbons (Fsp3) is 0.261. The summed E-state index contributed by atoms with van der Waals surface area (Å²) in [6.45, 7) is 5.97. The lowest BCUT2D eigenvalue weighted by Gasteiger charge is -2.43. The highest BCUT2D eigenvalue weighted by Gasteiger charge is 2.36. The second-order valence-electron chi connectivity index (χ2n) is 7.50. The van der Waals surface area contributed by atoms with Gasteiger partial charge in [-0.05, 0) is 36.1 Å². The number of benzene rings is 1. The van der Waals surface area contributed by atoms with E-state index in [1.54, 1.807) is 12.5 Å². The topological polar surface area (TPSA) is 92.8 Å². The smallest absolute Gasteiger partial charge is 0.140 e. The first-order valence-electron chi connectivity index (χ1n) is 9.87. The van der Waals surface area contributed by atoms with Gasteiger partial charge in [-0.25, -0.2) is 4.99 Å². The summed E-state index contributed by atoms with van der Waals surface area (Å²) in [6.07, 6.45) is 10.7. The molecule has 1 fully saturated rings. The second-order valence-corrected chi connectivity index (χ2v) is 7.50. The number of rotatable bonds is 5. The first-order chi connectivity index (χ1) is 14.2. The van der Waals surface area contributed by atoms with E-state index < -0.39 is 0 Å². The Morgan fingerprint density at radius 2 is 2.10 bits per heavy atom. The van der Waals surface area contributed by atoms with E-state index in [0.717, 1.165) is 54.3 Å². The summed E-state index contributed by atoms with van der Waals surface area (Å²) in [7, 11) is 0. The molecule has 150 valence electrons. The molecule has 0 radical (unpaired) electrons. The Labute approximate surface area is 171 Å². The van der Waals surface area contributed by atoms with Crippen molar-refractivity contribution in [3.05, 3.63) is 84.9 Å². The molecule has 2 aromatic rings. The highest BCUT2D eigenvalue weighted by molar-refractivity contribution is 6.04. The molecular weight excluding hydrogens is 362 g/mol. The van der Waals surface area contributed by atoms with Gasteiger partial charge in [0.1, 0.15) is 11.7 Å². The predicted molar refractivity (Wildman–Crippen MR) is 117 cm³/mol. The minimum absolute atomic E-state index is 0.0526. The van der Waals surface area contributed by atoms with Crippen LogP contribution in [0.2, 0.25) is 0 Å². The number of nitrogens with two attached hydrogens (primary N) is 2. The van der Waals surface area contributed by atoms with Gasteiger partial charge in [-0.2, -0.15) is 0 Å². The van der Waals surface area contributed by atoms with Crippen molar-refractivity contribution < 1.29 is 4.42 Å². The highest BCUT2D eigenvalue weighted by Crippen LogP contribution is 2.37. The predicted octanol–water partition coefficient (Wildman–Crippen LogP) is 3.07. The molecule has 6 heteroatoms. The summed E-state index contributed by atoms with van der Waals surface area (Å²) < 4.78 is 5.24. The molecule has 4 rings (SSSR count). The van der Waals surface area contributed by atoms with E-state index in [1.165, 1.54) is 11.8 Å². The van der Waals surface area contributed by atoms with Crippen LogP contribution < -0.4 is 16.8 Å². The fourth-order valence-electron chi connectivity index (χ4n) is 4.18. The van der Waals surface area contributed by atoms with Crippen molar-refractivity contribution in [1.82, 2.24) is 10.2 Å². The fourth-order valence-corrected chi connectivity index (χ4v) is 4.18. The van der Waals surface area contributed by atoms with Crippen molar-refractivity contribution in [3.8, 4) is 11.1 Å². The Morgan fingerprint density at radius 1 is 1.28 bits per heavy atom. The average Bonchev–Trinajstić information content (AvgIpc) is 3.46. The number of hydrogen-bond acceptors (Lipinski definition) is 5. The minimum Gasteiger partial charge on any atom is -0.472 e. The highest BCUT2D eigenvalue weighted by atomic mass is 16.3.